The molecule has 0 fully saturated rings. The summed E-state index contributed by atoms with van der Waals surface area (Å²) in [5.41, 5.74) is 1.36. The Hall–Kier alpha value is -4.34. The van der Waals surface area contributed by atoms with Gasteiger partial charge in [-0.15, -0.1) is 0 Å². The fourth-order valence-corrected chi connectivity index (χ4v) is 3.88. The van der Waals surface area contributed by atoms with Crippen LogP contribution >= 0.6 is 0 Å². The highest BCUT2D eigenvalue weighted by Gasteiger charge is 2.27. The van der Waals surface area contributed by atoms with Crippen LogP contribution in [0.5, 0.6) is 0 Å². The van der Waals surface area contributed by atoms with E-state index in [-0.39, 0.29) is 24.0 Å². The van der Waals surface area contributed by atoms with Gasteiger partial charge in [-0.1, -0.05) is 47.6 Å². The van der Waals surface area contributed by atoms with Gasteiger partial charge in [0.2, 0.25) is 5.82 Å². The molecule has 2 aromatic heterocycles. The molecular formula is C23H20N6O4. The minimum atomic E-state index is -0.652. The normalized spacial score (nSPS) is 13.1. The van der Waals surface area contributed by atoms with Crippen molar-refractivity contribution in [1.82, 2.24) is 29.4 Å². The van der Waals surface area contributed by atoms with Gasteiger partial charge in [-0.2, -0.15) is 14.8 Å². The highest BCUT2D eigenvalue weighted by molar-refractivity contribution is 5.90. The van der Waals surface area contributed by atoms with E-state index in [0.717, 1.165) is 21.2 Å². The Labute approximate surface area is 187 Å². The summed E-state index contributed by atoms with van der Waals surface area (Å²) >= 11 is 0. The number of rotatable bonds is 4. The molecular weight excluding hydrogens is 424 g/mol. The molecule has 1 aliphatic heterocycles. The molecule has 33 heavy (non-hydrogen) atoms. The average Bonchev–Trinajstić information content (AvgIpc) is 3.34. The van der Waals surface area contributed by atoms with Crippen LogP contribution in [-0.4, -0.2) is 41.8 Å². The topological polar surface area (TPSA) is 116 Å². The van der Waals surface area contributed by atoms with Crippen molar-refractivity contribution in [2.24, 2.45) is 0 Å². The quantitative estimate of drug-likeness (QED) is 0.470. The second-order valence-electron chi connectivity index (χ2n) is 7.60. The zero-order chi connectivity index (χ0) is 22.9. The Balaban J connectivity index is 1.51. The Kier molecular flexibility index (Phi) is 5.17. The summed E-state index contributed by atoms with van der Waals surface area (Å²) < 4.78 is 7.35. The lowest BCUT2D eigenvalue weighted by molar-refractivity contribution is 0.0684. The minimum Gasteiger partial charge on any atom is -0.330 e. The van der Waals surface area contributed by atoms with Gasteiger partial charge >= 0.3 is 17.5 Å². The van der Waals surface area contributed by atoms with E-state index in [2.05, 4.69) is 15.2 Å². The van der Waals surface area contributed by atoms with E-state index in [9.17, 15) is 14.4 Å². The molecule has 10 nitrogen and oxygen atoms in total. The number of hydrogen-bond acceptors (Lipinski definition) is 7. The maximum Gasteiger partial charge on any atom is 0.352 e. The summed E-state index contributed by atoms with van der Waals surface area (Å²) in [5, 5.41) is 8.02. The van der Waals surface area contributed by atoms with E-state index >= 15 is 0 Å². The maximum atomic E-state index is 13.0. The van der Waals surface area contributed by atoms with E-state index in [1.165, 1.54) is 5.56 Å². The number of nitrogens with zero attached hydrogens (tertiary/aromatic N) is 6. The van der Waals surface area contributed by atoms with Crippen LogP contribution in [0.15, 0.2) is 68.7 Å². The SMILES string of the molecule is CCn1c(=O)c(-c2noc(C(=O)N3CCc4ccccc4C3)n2)nn(-c2ccccc2)c1=O. The molecule has 0 aliphatic carbocycles. The summed E-state index contributed by atoms with van der Waals surface area (Å²) in [7, 11) is 0. The van der Waals surface area contributed by atoms with E-state index in [0.29, 0.717) is 18.8 Å². The molecule has 0 unspecified atom stereocenters. The van der Waals surface area contributed by atoms with Gasteiger partial charge in [0.1, 0.15) is 0 Å². The molecule has 1 aliphatic rings. The molecule has 5 rings (SSSR count). The van der Waals surface area contributed by atoms with Gasteiger partial charge in [0.15, 0.2) is 5.69 Å². The molecule has 0 radical (unpaired) electrons. The van der Waals surface area contributed by atoms with Crippen molar-refractivity contribution in [3.63, 3.8) is 0 Å². The first-order valence-corrected chi connectivity index (χ1v) is 10.6. The van der Waals surface area contributed by atoms with E-state index < -0.39 is 17.2 Å². The number of para-hydroxylation sites is 1. The van der Waals surface area contributed by atoms with Crippen LogP contribution < -0.4 is 11.2 Å². The lowest BCUT2D eigenvalue weighted by Gasteiger charge is -2.27. The molecule has 0 bridgehead atoms. The predicted octanol–water partition coefficient (Wildman–Crippen LogP) is 1.66. The number of hydrogen-bond donors (Lipinski definition) is 0. The Morgan fingerprint density at radius 1 is 1.03 bits per heavy atom. The van der Waals surface area contributed by atoms with E-state index in [1.54, 1.807) is 42.2 Å². The van der Waals surface area contributed by atoms with Gasteiger partial charge in [-0.05, 0) is 36.6 Å². The van der Waals surface area contributed by atoms with Gasteiger partial charge in [0.25, 0.3) is 5.56 Å². The molecule has 0 N–H and O–H groups in total. The number of carbonyl (C=O) groups excluding carboxylic acids is 1. The van der Waals surface area contributed by atoms with Crippen molar-refractivity contribution in [1.29, 1.82) is 0 Å². The Bertz CT molecular complexity index is 1450. The highest BCUT2D eigenvalue weighted by atomic mass is 16.5. The average molecular weight is 444 g/mol. The first-order chi connectivity index (χ1) is 16.1. The number of carbonyl (C=O) groups is 1. The van der Waals surface area contributed by atoms with Crippen molar-refractivity contribution >= 4 is 5.91 Å². The molecule has 0 spiro atoms. The van der Waals surface area contributed by atoms with E-state index in [1.807, 2.05) is 24.3 Å². The van der Waals surface area contributed by atoms with Crippen molar-refractivity contribution in [3.8, 4) is 17.2 Å². The lowest BCUT2D eigenvalue weighted by atomic mass is 10.00. The van der Waals surface area contributed by atoms with Crippen LogP contribution in [-0.2, 0) is 19.5 Å². The van der Waals surface area contributed by atoms with Crippen LogP contribution in [0, 0.1) is 0 Å². The fraction of sp³-hybridized carbons (Fsp3) is 0.217. The summed E-state index contributed by atoms with van der Waals surface area (Å²) in [5.74, 6) is -0.797. The predicted molar refractivity (Wildman–Crippen MR) is 118 cm³/mol. The van der Waals surface area contributed by atoms with Crippen molar-refractivity contribution in [2.45, 2.75) is 26.4 Å². The summed E-state index contributed by atoms with van der Waals surface area (Å²) in [6.45, 7) is 2.78. The number of benzene rings is 2. The van der Waals surface area contributed by atoms with Crippen LogP contribution in [0.3, 0.4) is 0 Å². The molecule has 10 heteroatoms. The molecule has 2 aromatic carbocycles. The van der Waals surface area contributed by atoms with Crippen LogP contribution in [0.4, 0.5) is 0 Å². The summed E-state index contributed by atoms with van der Waals surface area (Å²) in [6, 6.07) is 16.7. The standard InChI is InChI=1S/C23H20N6O4/c1-2-28-21(30)18(25-29(23(28)32)17-10-4-3-5-11-17)19-24-20(33-26-19)22(31)27-13-12-15-8-6-7-9-16(15)14-27/h3-11H,2,12-14H2,1H3. The van der Waals surface area contributed by atoms with E-state index in [4.69, 9.17) is 4.52 Å². The molecule has 1 amide bonds. The molecule has 166 valence electrons. The zero-order valence-corrected chi connectivity index (χ0v) is 17.8. The van der Waals surface area contributed by atoms with Gasteiger partial charge in [0, 0.05) is 19.6 Å². The number of fused-ring (bicyclic) bond motifs is 1. The van der Waals surface area contributed by atoms with Gasteiger partial charge in [-0.25, -0.2) is 4.79 Å². The zero-order valence-electron chi connectivity index (χ0n) is 17.8. The first-order valence-electron chi connectivity index (χ1n) is 10.6. The van der Waals surface area contributed by atoms with Crippen LogP contribution in [0.2, 0.25) is 0 Å². The minimum absolute atomic E-state index is 0.136. The van der Waals surface area contributed by atoms with Crippen molar-refractivity contribution in [2.75, 3.05) is 6.54 Å². The lowest BCUT2D eigenvalue weighted by Crippen LogP contribution is -2.41. The van der Waals surface area contributed by atoms with Crippen LogP contribution in [0.25, 0.3) is 17.2 Å². The van der Waals surface area contributed by atoms with Gasteiger partial charge in [0.05, 0.1) is 5.69 Å². The van der Waals surface area contributed by atoms with Crippen molar-refractivity contribution in [3.05, 3.63) is 92.5 Å². The summed E-state index contributed by atoms with van der Waals surface area (Å²) in [6.07, 6.45) is 0.730. The fourth-order valence-electron chi connectivity index (χ4n) is 3.88. The van der Waals surface area contributed by atoms with Crippen LogP contribution in [0.1, 0.15) is 28.7 Å². The third kappa shape index (κ3) is 3.65. The molecule has 4 aromatic rings. The number of amides is 1. The monoisotopic (exact) mass is 444 g/mol. The largest absolute Gasteiger partial charge is 0.352 e. The van der Waals surface area contributed by atoms with Gasteiger partial charge in [-0.3, -0.25) is 14.2 Å². The Morgan fingerprint density at radius 3 is 2.52 bits per heavy atom. The third-order valence-corrected chi connectivity index (χ3v) is 5.62. The molecule has 0 saturated heterocycles. The first kappa shape index (κ1) is 20.6. The maximum absolute atomic E-state index is 13.0. The smallest absolute Gasteiger partial charge is 0.330 e. The second-order valence-corrected chi connectivity index (χ2v) is 7.60. The second kappa shape index (κ2) is 8.30. The third-order valence-electron chi connectivity index (χ3n) is 5.62. The van der Waals surface area contributed by atoms with Gasteiger partial charge < -0.3 is 9.42 Å². The highest BCUT2D eigenvalue weighted by Crippen LogP contribution is 2.20. The molecule has 0 saturated carbocycles. The molecule has 3 heterocycles. The van der Waals surface area contributed by atoms with Crippen molar-refractivity contribution < 1.29 is 9.32 Å². The number of aromatic nitrogens is 5. The summed E-state index contributed by atoms with van der Waals surface area (Å²) in [4.78, 5) is 44.4. The Morgan fingerprint density at radius 2 is 1.76 bits per heavy atom. The molecule has 0 atom stereocenters.